The molecule has 28 heavy (non-hydrogen) atoms. The summed E-state index contributed by atoms with van der Waals surface area (Å²) in [6, 6.07) is 18.2. The van der Waals surface area contributed by atoms with Gasteiger partial charge in [-0.25, -0.2) is 13.1 Å². The van der Waals surface area contributed by atoms with Crippen LogP contribution in [-0.2, 0) is 10.0 Å². The summed E-state index contributed by atoms with van der Waals surface area (Å²) >= 11 is 4.45. The number of thiol groups is 1. The number of sulfonamides is 1. The van der Waals surface area contributed by atoms with Gasteiger partial charge in [-0.15, -0.1) is 17.7 Å². The van der Waals surface area contributed by atoms with Crippen LogP contribution in [0.5, 0.6) is 5.75 Å². The number of nitrogens with zero attached hydrogens (tertiary/aromatic N) is 3. The Morgan fingerprint density at radius 1 is 1.07 bits per heavy atom. The maximum atomic E-state index is 11.4. The molecule has 0 aliphatic heterocycles. The summed E-state index contributed by atoms with van der Waals surface area (Å²) < 4.78 is 26.6. The molecule has 0 spiro atoms. The van der Waals surface area contributed by atoms with E-state index in [9.17, 15) is 13.5 Å². The maximum absolute atomic E-state index is 11.4. The number of hydrogen-bond donors (Lipinski definition) is 3. The Morgan fingerprint density at radius 3 is 2.57 bits per heavy atom. The van der Waals surface area contributed by atoms with Gasteiger partial charge in [-0.3, -0.25) is 4.72 Å². The number of aromatic hydroxyl groups is 1. The molecule has 0 aliphatic carbocycles. The molecule has 142 valence electrons. The van der Waals surface area contributed by atoms with Crippen molar-refractivity contribution in [3.05, 3.63) is 60.7 Å². The monoisotopic (exact) mass is 412 g/mol. The molecule has 2 N–H and O–H groups in total. The third-order valence-corrected chi connectivity index (χ3v) is 5.11. The quantitative estimate of drug-likeness (QED) is 0.446. The van der Waals surface area contributed by atoms with Crippen LogP contribution in [0.25, 0.3) is 27.7 Å². The molecule has 0 unspecified atom stereocenters. The van der Waals surface area contributed by atoms with Gasteiger partial charge in [0.25, 0.3) is 0 Å². The average Bonchev–Trinajstić information content (AvgIpc) is 3.01. The maximum Gasteiger partial charge on any atom is 0.229 e. The summed E-state index contributed by atoms with van der Waals surface area (Å²) in [5, 5.41) is 21.1. The summed E-state index contributed by atoms with van der Waals surface area (Å²) in [6.45, 7) is 0. The first-order valence-corrected chi connectivity index (χ1v) is 10.6. The van der Waals surface area contributed by atoms with Gasteiger partial charge in [0, 0.05) is 11.6 Å². The molecule has 9 heteroatoms. The van der Waals surface area contributed by atoms with E-state index >= 15 is 0 Å². The molecule has 0 saturated carbocycles. The second kappa shape index (κ2) is 6.84. The fourth-order valence-corrected chi connectivity index (χ4v) is 3.90. The van der Waals surface area contributed by atoms with E-state index in [1.807, 2.05) is 42.5 Å². The molecule has 1 aromatic heterocycles. The van der Waals surface area contributed by atoms with Gasteiger partial charge in [0.1, 0.15) is 22.2 Å². The van der Waals surface area contributed by atoms with Crippen molar-refractivity contribution in [1.82, 2.24) is 15.0 Å². The van der Waals surface area contributed by atoms with Crippen molar-refractivity contribution in [3.8, 4) is 22.7 Å². The standard InChI is InChI=1S/C19H16N4O3S2/c1-28(25,26)21-13-9-10-16(17(24)11-13)23-18(19(27)20-22-23)15-8-4-6-12-5-2-3-7-14(12)15/h2-11,21,24,27H,1H3. The van der Waals surface area contributed by atoms with Gasteiger partial charge in [0.2, 0.25) is 10.0 Å². The van der Waals surface area contributed by atoms with Crippen LogP contribution in [0.15, 0.2) is 65.7 Å². The predicted octanol–water partition coefficient (Wildman–Crippen LogP) is 3.45. The fourth-order valence-electron chi connectivity index (χ4n) is 3.09. The molecule has 0 bridgehead atoms. The number of anilines is 1. The van der Waals surface area contributed by atoms with Gasteiger partial charge in [-0.2, -0.15) is 0 Å². The van der Waals surface area contributed by atoms with E-state index in [2.05, 4.69) is 27.7 Å². The molecule has 1 heterocycles. The van der Waals surface area contributed by atoms with E-state index in [4.69, 9.17) is 0 Å². The first-order valence-electron chi connectivity index (χ1n) is 8.27. The molecule has 4 aromatic rings. The number of benzene rings is 3. The first-order chi connectivity index (χ1) is 13.3. The zero-order chi connectivity index (χ0) is 19.9. The first kappa shape index (κ1) is 18.3. The normalized spacial score (nSPS) is 11.6. The van der Waals surface area contributed by atoms with Crippen LogP contribution in [0.3, 0.4) is 0 Å². The summed E-state index contributed by atoms with van der Waals surface area (Å²) in [5.74, 6) is -0.145. The number of nitrogens with one attached hydrogen (secondary N) is 1. The second-order valence-corrected chi connectivity index (χ2v) is 8.45. The van der Waals surface area contributed by atoms with E-state index in [1.165, 1.54) is 10.7 Å². The molecule has 0 aliphatic rings. The van der Waals surface area contributed by atoms with Crippen LogP contribution >= 0.6 is 12.6 Å². The highest BCUT2D eigenvalue weighted by Crippen LogP contribution is 2.35. The van der Waals surface area contributed by atoms with Crippen molar-refractivity contribution in [2.45, 2.75) is 5.03 Å². The number of phenolic OH excluding ortho intramolecular Hbond substituents is 1. The van der Waals surface area contributed by atoms with Gasteiger partial charge < -0.3 is 5.11 Å². The van der Waals surface area contributed by atoms with Crippen LogP contribution in [-0.4, -0.2) is 34.8 Å². The molecule has 0 atom stereocenters. The lowest BCUT2D eigenvalue weighted by Crippen LogP contribution is -2.09. The molecule has 4 rings (SSSR count). The number of phenols is 1. The summed E-state index contributed by atoms with van der Waals surface area (Å²) in [4.78, 5) is 0. The predicted molar refractivity (Wildman–Crippen MR) is 112 cm³/mol. The van der Waals surface area contributed by atoms with E-state index in [0.717, 1.165) is 22.6 Å². The average molecular weight is 412 g/mol. The third-order valence-electron chi connectivity index (χ3n) is 4.20. The lowest BCUT2D eigenvalue weighted by atomic mass is 10.0. The minimum absolute atomic E-state index is 0.145. The van der Waals surface area contributed by atoms with E-state index in [-0.39, 0.29) is 11.4 Å². The molecule has 0 saturated heterocycles. The van der Waals surface area contributed by atoms with Gasteiger partial charge in [0.05, 0.1) is 11.9 Å². The molecular formula is C19H16N4O3S2. The van der Waals surface area contributed by atoms with Gasteiger partial charge >= 0.3 is 0 Å². The van der Waals surface area contributed by atoms with Gasteiger partial charge in [-0.05, 0) is 22.9 Å². The van der Waals surface area contributed by atoms with Crippen molar-refractivity contribution in [3.63, 3.8) is 0 Å². The number of hydrogen-bond acceptors (Lipinski definition) is 6. The molecule has 0 amide bonds. The van der Waals surface area contributed by atoms with Crippen LogP contribution in [0.1, 0.15) is 0 Å². The van der Waals surface area contributed by atoms with Crippen LogP contribution < -0.4 is 4.72 Å². The van der Waals surface area contributed by atoms with Crippen molar-refractivity contribution in [2.75, 3.05) is 11.0 Å². The zero-order valence-corrected chi connectivity index (χ0v) is 16.4. The Balaban J connectivity index is 1.88. The van der Waals surface area contributed by atoms with Gasteiger partial charge in [-0.1, -0.05) is 47.7 Å². The smallest absolute Gasteiger partial charge is 0.229 e. The zero-order valence-electron chi connectivity index (χ0n) is 14.7. The Morgan fingerprint density at radius 2 is 1.82 bits per heavy atom. The van der Waals surface area contributed by atoms with Crippen molar-refractivity contribution < 1.29 is 13.5 Å². The topological polar surface area (TPSA) is 97.1 Å². The molecular weight excluding hydrogens is 396 g/mol. The Labute approximate surface area is 167 Å². The van der Waals surface area contributed by atoms with Crippen LogP contribution in [0, 0.1) is 0 Å². The highest BCUT2D eigenvalue weighted by atomic mass is 32.2. The Kier molecular flexibility index (Phi) is 4.48. The van der Waals surface area contributed by atoms with Crippen LogP contribution in [0.4, 0.5) is 5.69 Å². The van der Waals surface area contributed by atoms with Crippen LogP contribution in [0.2, 0.25) is 0 Å². The molecule has 7 nitrogen and oxygen atoms in total. The van der Waals surface area contributed by atoms with E-state index < -0.39 is 10.0 Å². The van der Waals surface area contributed by atoms with E-state index in [1.54, 1.807) is 12.1 Å². The van der Waals surface area contributed by atoms with Crippen molar-refractivity contribution in [2.24, 2.45) is 0 Å². The molecule has 0 fully saturated rings. The lowest BCUT2D eigenvalue weighted by molar-refractivity contribution is 0.470. The number of fused-ring (bicyclic) bond motifs is 1. The number of rotatable bonds is 4. The summed E-state index contributed by atoms with van der Waals surface area (Å²) in [5.41, 5.74) is 2.10. The Bertz CT molecular complexity index is 1290. The number of aromatic nitrogens is 3. The SMILES string of the molecule is CS(=O)(=O)Nc1ccc(-n2nnc(S)c2-c2cccc3ccccc23)c(O)c1. The third kappa shape index (κ3) is 3.41. The fraction of sp³-hybridized carbons (Fsp3) is 0.0526. The largest absolute Gasteiger partial charge is 0.506 e. The Hall–Kier alpha value is -3.04. The van der Waals surface area contributed by atoms with E-state index in [0.29, 0.717) is 16.4 Å². The highest BCUT2D eigenvalue weighted by molar-refractivity contribution is 7.92. The summed E-state index contributed by atoms with van der Waals surface area (Å²) in [7, 11) is -3.45. The minimum atomic E-state index is -3.45. The van der Waals surface area contributed by atoms with Crippen molar-refractivity contribution >= 4 is 39.1 Å². The van der Waals surface area contributed by atoms with Gasteiger partial charge in [0.15, 0.2) is 0 Å². The summed E-state index contributed by atoms with van der Waals surface area (Å²) in [6.07, 6.45) is 1.04. The molecule has 3 aromatic carbocycles. The second-order valence-electron chi connectivity index (χ2n) is 6.28. The molecule has 0 radical (unpaired) electrons. The minimum Gasteiger partial charge on any atom is -0.506 e. The lowest BCUT2D eigenvalue weighted by Gasteiger charge is -2.12. The van der Waals surface area contributed by atoms with Crippen molar-refractivity contribution in [1.29, 1.82) is 0 Å². The highest BCUT2D eigenvalue weighted by Gasteiger charge is 2.19.